The SMILES string of the molecule is Cc1ccc(C(=O)NC(C)CC(N)=S)c(F)c1. The molecule has 1 unspecified atom stereocenters. The van der Waals surface area contributed by atoms with Crippen LogP contribution in [0.3, 0.4) is 0 Å². The van der Waals surface area contributed by atoms with Crippen LogP contribution in [0.25, 0.3) is 0 Å². The molecule has 1 rings (SSSR count). The Hall–Kier alpha value is -1.49. The topological polar surface area (TPSA) is 55.1 Å². The van der Waals surface area contributed by atoms with E-state index in [2.05, 4.69) is 5.32 Å². The van der Waals surface area contributed by atoms with Crippen molar-refractivity contribution in [2.45, 2.75) is 26.3 Å². The fourth-order valence-electron chi connectivity index (χ4n) is 1.46. The number of hydrogen-bond acceptors (Lipinski definition) is 2. The van der Waals surface area contributed by atoms with Crippen molar-refractivity contribution in [2.24, 2.45) is 5.73 Å². The number of benzene rings is 1. The first kappa shape index (κ1) is 13.6. The van der Waals surface area contributed by atoms with E-state index in [9.17, 15) is 9.18 Å². The Kier molecular flexibility index (Phi) is 4.57. The molecule has 1 aromatic carbocycles. The Balaban J connectivity index is 2.73. The number of hydrogen-bond donors (Lipinski definition) is 2. The zero-order valence-corrected chi connectivity index (χ0v) is 10.6. The van der Waals surface area contributed by atoms with Crippen LogP contribution >= 0.6 is 12.2 Å². The van der Waals surface area contributed by atoms with Gasteiger partial charge in [-0.1, -0.05) is 18.3 Å². The van der Waals surface area contributed by atoms with Crippen LogP contribution in [0.2, 0.25) is 0 Å². The molecule has 1 aromatic rings. The molecule has 1 amide bonds. The molecule has 92 valence electrons. The number of nitrogens with two attached hydrogens (primary N) is 1. The third-order valence-electron chi connectivity index (χ3n) is 2.25. The fraction of sp³-hybridized carbons (Fsp3) is 0.333. The van der Waals surface area contributed by atoms with E-state index in [-0.39, 0.29) is 11.6 Å². The standard InChI is InChI=1S/C12H15FN2OS/c1-7-3-4-9(10(13)5-7)12(16)15-8(2)6-11(14)17/h3-5,8H,6H2,1-2H3,(H2,14,17)(H,15,16). The van der Waals surface area contributed by atoms with Crippen molar-refractivity contribution >= 4 is 23.1 Å². The summed E-state index contributed by atoms with van der Waals surface area (Å²) in [5.41, 5.74) is 6.17. The molecule has 0 saturated carbocycles. The molecule has 0 bridgehead atoms. The largest absolute Gasteiger partial charge is 0.393 e. The van der Waals surface area contributed by atoms with E-state index in [1.807, 2.05) is 0 Å². The summed E-state index contributed by atoms with van der Waals surface area (Å²) in [5.74, 6) is -0.976. The van der Waals surface area contributed by atoms with E-state index in [0.717, 1.165) is 5.56 Å². The number of rotatable bonds is 4. The van der Waals surface area contributed by atoms with Crippen molar-refractivity contribution in [3.05, 3.63) is 35.1 Å². The van der Waals surface area contributed by atoms with Gasteiger partial charge in [0, 0.05) is 12.5 Å². The zero-order chi connectivity index (χ0) is 13.0. The minimum atomic E-state index is -0.523. The van der Waals surface area contributed by atoms with Gasteiger partial charge in [-0.05, 0) is 31.5 Å². The Bertz CT molecular complexity index is 448. The summed E-state index contributed by atoms with van der Waals surface area (Å²) >= 11 is 4.74. The smallest absolute Gasteiger partial charge is 0.254 e. The van der Waals surface area contributed by atoms with Crippen LogP contribution in [-0.4, -0.2) is 16.9 Å². The van der Waals surface area contributed by atoms with E-state index < -0.39 is 11.7 Å². The molecule has 5 heteroatoms. The minimum Gasteiger partial charge on any atom is -0.393 e. The van der Waals surface area contributed by atoms with E-state index in [1.54, 1.807) is 19.9 Å². The lowest BCUT2D eigenvalue weighted by molar-refractivity contribution is 0.0937. The molecular weight excluding hydrogens is 239 g/mol. The first-order valence-electron chi connectivity index (χ1n) is 5.25. The summed E-state index contributed by atoms with van der Waals surface area (Å²) < 4.78 is 13.5. The van der Waals surface area contributed by atoms with Gasteiger partial charge in [-0.2, -0.15) is 0 Å². The number of thiocarbonyl (C=S) groups is 1. The molecule has 0 saturated heterocycles. The number of carbonyl (C=O) groups excluding carboxylic acids is 1. The summed E-state index contributed by atoms with van der Waals surface area (Å²) in [6, 6.07) is 4.28. The lowest BCUT2D eigenvalue weighted by atomic mass is 10.1. The average Bonchev–Trinajstić information content (AvgIpc) is 2.15. The van der Waals surface area contributed by atoms with Crippen LogP contribution in [0, 0.1) is 12.7 Å². The minimum absolute atomic E-state index is 0.0328. The molecule has 3 N–H and O–H groups in total. The Morgan fingerprint density at radius 1 is 1.59 bits per heavy atom. The lowest BCUT2D eigenvalue weighted by Gasteiger charge is -2.13. The van der Waals surface area contributed by atoms with E-state index >= 15 is 0 Å². The Morgan fingerprint density at radius 2 is 2.24 bits per heavy atom. The first-order valence-corrected chi connectivity index (χ1v) is 5.66. The van der Waals surface area contributed by atoms with E-state index in [0.29, 0.717) is 11.4 Å². The molecule has 0 heterocycles. The predicted octanol–water partition coefficient (Wildman–Crippen LogP) is 1.93. The fourth-order valence-corrected chi connectivity index (χ4v) is 1.71. The van der Waals surface area contributed by atoms with Crippen LogP contribution in [0.5, 0.6) is 0 Å². The van der Waals surface area contributed by atoms with Gasteiger partial charge in [-0.3, -0.25) is 4.79 Å². The van der Waals surface area contributed by atoms with Crippen LogP contribution in [0.1, 0.15) is 29.3 Å². The van der Waals surface area contributed by atoms with Gasteiger partial charge >= 0.3 is 0 Å². The van der Waals surface area contributed by atoms with Crippen LogP contribution in [-0.2, 0) is 0 Å². The lowest BCUT2D eigenvalue weighted by Crippen LogP contribution is -2.35. The van der Waals surface area contributed by atoms with Crippen LogP contribution in [0.4, 0.5) is 4.39 Å². The number of aryl methyl sites for hydroxylation is 1. The zero-order valence-electron chi connectivity index (χ0n) is 9.79. The van der Waals surface area contributed by atoms with Gasteiger partial charge in [-0.15, -0.1) is 0 Å². The maximum absolute atomic E-state index is 13.5. The van der Waals surface area contributed by atoms with Gasteiger partial charge in [0.25, 0.3) is 5.91 Å². The number of amides is 1. The molecule has 0 radical (unpaired) electrons. The average molecular weight is 254 g/mol. The van der Waals surface area contributed by atoms with Crippen molar-refractivity contribution in [2.75, 3.05) is 0 Å². The van der Waals surface area contributed by atoms with Crippen molar-refractivity contribution < 1.29 is 9.18 Å². The van der Waals surface area contributed by atoms with Crippen molar-refractivity contribution in [1.29, 1.82) is 0 Å². The van der Waals surface area contributed by atoms with Crippen LogP contribution in [0.15, 0.2) is 18.2 Å². The molecule has 0 aromatic heterocycles. The first-order chi connectivity index (χ1) is 7.90. The van der Waals surface area contributed by atoms with Gasteiger partial charge in [0.2, 0.25) is 0 Å². The predicted molar refractivity (Wildman–Crippen MR) is 69.5 cm³/mol. The highest BCUT2D eigenvalue weighted by Crippen LogP contribution is 2.10. The summed E-state index contributed by atoms with van der Waals surface area (Å²) in [5, 5.41) is 2.64. The summed E-state index contributed by atoms with van der Waals surface area (Å²) in [7, 11) is 0. The van der Waals surface area contributed by atoms with Gasteiger partial charge in [0.1, 0.15) is 5.82 Å². The molecule has 0 fully saturated rings. The highest BCUT2D eigenvalue weighted by molar-refractivity contribution is 7.80. The van der Waals surface area contributed by atoms with E-state index in [4.69, 9.17) is 18.0 Å². The second-order valence-corrected chi connectivity index (χ2v) is 4.55. The second kappa shape index (κ2) is 5.72. The molecule has 3 nitrogen and oxygen atoms in total. The Labute approximate surface area is 105 Å². The van der Waals surface area contributed by atoms with Crippen molar-refractivity contribution in [1.82, 2.24) is 5.32 Å². The molecule has 0 aliphatic rings. The third kappa shape index (κ3) is 4.11. The summed E-state index contributed by atoms with van der Waals surface area (Å²) in [4.78, 5) is 12.1. The number of halogens is 1. The van der Waals surface area contributed by atoms with Crippen molar-refractivity contribution in [3.8, 4) is 0 Å². The second-order valence-electron chi connectivity index (χ2n) is 4.03. The summed E-state index contributed by atoms with van der Waals surface area (Å²) in [6.07, 6.45) is 0.397. The van der Waals surface area contributed by atoms with Gasteiger partial charge in [0.15, 0.2) is 0 Å². The van der Waals surface area contributed by atoms with Gasteiger partial charge in [0.05, 0.1) is 10.6 Å². The van der Waals surface area contributed by atoms with Gasteiger partial charge < -0.3 is 11.1 Å². The normalized spacial score (nSPS) is 11.9. The highest BCUT2D eigenvalue weighted by atomic mass is 32.1. The summed E-state index contributed by atoms with van der Waals surface area (Å²) in [6.45, 7) is 3.53. The molecule has 17 heavy (non-hydrogen) atoms. The molecular formula is C12H15FN2OS. The number of carbonyl (C=O) groups is 1. The monoisotopic (exact) mass is 254 g/mol. The third-order valence-corrected chi connectivity index (χ3v) is 2.42. The molecule has 1 atom stereocenters. The molecule has 0 aliphatic heterocycles. The maximum Gasteiger partial charge on any atom is 0.254 e. The van der Waals surface area contributed by atoms with Crippen LogP contribution < -0.4 is 11.1 Å². The van der Waals surface area contributed by atoms with Gasteiger partial charge in [-0.25, -0.2) is 4.39 Å². The molecule has 0 aliphatic carbocycles. The number of nitrogens with one attached hydrogen (secondary N) is 1. The molecule has 0 spiro atoms. The quantitative estimate of drug-likeness (QED) is 0.807. The van der Waals surface area contributed by atoms with E-state index in [1.165, 1.54) is 12.1 Å². The Morgan fingerprint density at radius 3 is 2.76 bits per heavy atom. The maximum atomic E-state index is 13.5. The highest BCUT2D eigenvalue weighted by Gasteiger charge is 2.14. The van der Waals surface area contributed by atoms with Crippen molar-refractivity contribution in [3.63, 3.8) is 0 Å².